The van der Waals surface area contributed by atoms with E-state index in [0.717, 1.165) is 29.6 Å². The Morgan fingerprint density at radius 3 is 2.36 bits per heavy atom. The van der Waals surface area contributed by atoms with Crippen molar-refractivity contribution in [2.75, 3.05) is 57.9 Å². The standard InChI is InChI=1S/C40H50F3N7O7S/c1-24-7-8-28(32(38(5,6)37(51)52)30-9-12-50-34(27(30)4)46-47-36(50)40(41,42)43)20-29(24)22-49-23-39(10-15-55-16-11-39)57-35-31(58(49,53)54)19-25(2)33(45-35)44-26(3)21-48-13-17-56-18-14-48/h7-9,12,19-20,26,32H,10-11,13-18,21-23H2,1-6H3,(H,44,45)(H,51,52)/t26-,32-/m1/s1. The Hall–Kier alpha value is -4.36. The zero-order chi connectivity index (χ0) is 41.8. The molecule has 7 rings (SSSR count). The van der Waals surface area contributed by atoms with Crippen LogP contribution in [0.5, 0.6) is 5.88 Å². The van der Waals surface area contributed by atoms with E-state index in [2.05, 4.69) is 27.3 Å². The lowest BCUT2D eigenvalue weighted by Gasteiger charge is -2.38. The van der Waals surface area contributed by atoms with Crippen molar-refractivity contribution in [3.8, 4) is 5.88 Å². The molecule has 314 valence electrons. The smallest absolute Gasteiger partial charge is 0.452 e. The SMILES string of the molecule is Cc1ccc([C@H](c2ccn3c(C(F)(F)F)nnc3c2C)C(C)(C)C(=O)O)cc1CN1CC2(CCOCC2)Oc2nc(N[C@H](C)CN3CCOCC3)c(C)cc2S1(=O)=O. The van der Waals surface area contributed by atoms with E-state index < -0.39 is 44.9 Å². The third kappa shape index (κ3) is 8.00. The molecule has 2 saturated heterocycles. The van der Waals surface area contributed by atoms with Gasteiger partial charge in [-0.3, -0.25) is 14.1 Å². The molecule has 6 heterocycles. The summed E-state index contributed by atoms with van der Waals surface area (Å²) in [4.78, 5) is 20.0. The largest absolute Gasteiger partial charge is 0.481 e. The van der Waals surface area contributed by atoms with Crippen molar-refractivity contribution < 1.29 is 45.7 Å². The predicted octanol–water partition coefficient (Wildman–Crippen LogP) is 5.58. The number of sulfonamides is 1. The van der Waals surface area contributed by atoms with Crippen molar-refractivity contribution in [1.82, 2.24) is 28.8 Å². The van der Waals surface area contributed by atoms with Gasteiger partial charge in [-0.1, -0.05) is 18.2 Å². The van der Waals surface area contributed by atoms with Gasteiger partial charge in [0, 0.05) is 57.2 Å². The summed E-state index contributed by atoms with van der Waals surface area (Å²) in [6, 6.07) is 8.46. The average molecular weight is 830 g/mol. The third-order valence-electron chi connectivity index (χ3n) is 11.7. The lowest BCUT2D eigenvalue weighted by molar-refractivity contribution is -0.147. The van der Waals surface area contributed by atoms with Gasteiger partial charge in [-0.25, -0.2) is 8.42 Å². The predicted molar refractivity (Wildman–Crippen MR) is 207 cm³/mol. The van der Waals surface area contributed by atoms with Gasteiger partial charge in [-0.15, -0.1) is 10.2 Å². The number of anilines is 1. The fraction of sp³-hybridized carbons (Fsp3) is 0.550. The Kier molecular flexibility index (Phi) is 11.3. The van der Waals surface area contributed by atoms with Crippen molar-refractivity contribution in [1.29, 1.82) is 0 Å². The molecule has 4 aromatic rings. The van der Waals surface area contributed by atoms with Crippen LogP contribution in [0.1, 0.15) is 78.7 Å². The van der Waals surface area contributed by atoms with Gasteiger partial charge >= 0.3 is 12.1 Å². The van der Waals surface area contributed by atoms with Crippen molar-refractivity contribution >= 4 is 27.5 Å². The molecule has 1 spiro atoms. The molecule has 0 bridgehead atoms. The van der Waals surface area contributed by atoms with Crippen LogP contribution in [0.25, 0.3) is 5.65 Å². The second-order valence-corrected chi connectivity index (χ2v) is 18.2. The number of carboxylic acids is 1. The Morgan fingerprint density at radius 2 is 1.69 bits per heavy atom. The number of aromatic nitrogens is 4. The van der Waals surface area contributed by atoms with E-state index in [1.807, 2.05) is 19.9 Å². The summed E-state index contributed by atoms with van der Waals surface area (Å²) in [7, 11) is -4.22. The first kappa shape index (κ1) is 41.8. The topological polar surface area (TPSA) is 161 Å². The highest BCUT2D eigenvalue weighted by molar-refractivity contribution is 7.89. The van der Waals surface area contributed by atoms with Crippen molar-refractivity contribution in [2.45, 2.75) is 89.6 Å². The number of rotatable bonds is 10. The number of ether oxygens (including phenoxy) is 3. The fourth-order valence-corrected chi connectivity index (χ4v) is 9.92. The molecule has 0 radical (unpaired) electrons. The van der Waals surface area contributed by atoms with Gasteiger partial charge < -0.3 is 24.6 Å². The molecule has 2 atom stereocenters. The lowest BCUT2D eigenvalue weighted by Crippen LogP contribution is -2.50. The monoisotopic (exact) mass is 829 g/mol. The minimum Gasteiger partial charge on any atom is -0.481 e. The Balaban J connectivity index is 1.27. The molecule has 3 aliphatic heterocycles. The minimum atomic E-state index is -4.75. The molecule has 0 unspecified atom stereocenters. The van der Waals surface area contributed by atoms with Crippen molar-refractivity contribution in [2.24, 2.45) is 5.41 Å². The molecule has 0 amide bonds. The van der Waals surface area contributed by atoms with Crippen LogP contribution in [0.3, 0.4) is 0 Å². The van der Waals surface area contributed by atoms with Gasteiger partial charge in [-0.2, -0.15) is 22.5 Å². The first-order valence-corrected chi connectivity index (χ1v) is 20.8. The van der Waals surface area contributed by atoms with Crippen LogP contribution in [0, 0.1) is 26.2 Å². The number of hydrogen-bond acceptors (Lipinski definition) is 11. The van der Waals surface area contributed by atoms with Gasteiger partial charge in [0.1, 0.15) is 16.3 Å². The highest BCUT2D eigenvalue weighted by Crippen LogP contribution is 2.45. The molecule has 3 aromatic heterocycles. The molecule has 14 nitrogen and oxygen atoms in total. The van der Waals surface area contributed by atoms with Gasteiger partial charge in [0.2, 0.25) is 21.7 Å². The summed E-state index contributed by atoms with van der Waals surface area (Å²) < 4.78 is 91.0. The van der Waals surface area contributed by atoms with Crippen molar-refractivity contribution in [3.63, 3.8) is 0 Å². The summed E-state index contributed by atoms with van der Waals surface area (Å²) in [5, 5.41) is 21.2. The highest BCUT2D eigenvalue weighted by atomic mass is 32.2. The summed E-state index contributed by atoms with van der Waals surface area (Å²) in [5.74, 6) is -2.64. The van der Waals surface area contributed by atoms with Gasteiger partial charge in [0.05, 0.1) is 38.4 Å². The maximum atomic E-state index is 14.8. The Labute approximate surface area is 335 Å². The van der Waals surface area contributed by atoms with Gasteiger partial charge in [-0.05, 0) is 87.1 Å². The van der Waals surface area contributed by atoms with E-state index in [9.17, 15) is 31.5 Å². The molecular weight excluding hydrogens is 780 g/mol. The van der Waals surface area contributed by atoms with E-state index in [4.69, 9.17) is 19.2 Å². The first-order valence-electron chi connectivity index (χ1n) is 19.4. The van der Waals surface area contributed by atoms with Crippen LogP contribution in [0.15, 0.2) is 41.4 Å². The molecule has 3 aliphatic rings. The van der Waals surface area contributed by atoms with E-state index in [0.29, 0.717) is 72.9 Å². The van der Waals surface area contributed by atoms with Gasteiger partial charge in [0.15, 0.2) is 5.65 Å². The average Bonchev–Trinajstić information content (AvgIpc) is 3.59. The van der Waals surface area contributed by atoms with E-state index >= 15 is 0 Å². The molecule has 2 N–H and O–H groups in total. The Morgan fingerprint density at radius 1 is 1.00 bits per heavy atom. The molecule has 0 saturated carbocycles. The molecule has 18 heteroatoms. The van der Waals surface area contributed by atoms with E-state index in [-0.39, 0.29) is 35.6 Å². The van der Waals surface area contributed by atoms with Crippen LogP contribution in [-0.4, -0.2) is 113 Å². The number of pyridine rings is 2. The molecule has 0 aliphatic carbocycles. The highest BCUT2D eigenvalue weighted by Gasteiger charge is 2.47. The number of carbonyl (C=O) groups is 1. The number of fused-ring (bicyclic) bond motifs is 2. The van der Waals surface area contributed by atoms with E-state index in [1.54, 1.807) is 39.0 Å². The number of hydrogen-bond donors (Lipinski definition) is 2. The number of carboxylic acid groups (broad SMARTS) is 1. The van der Waals surface area contributed by atoms with Gasteiger partial charge in [0.25, 0.3) is 0 Å². The van der Waals surface area contributed by atoms with E-state index in [1.165, 1.54) is 16.6 Å². The fourth-order valence-electron chi connectivity index (χ4n) is 8.30. The van der Waals surface area contributed by atoms with Crippen LogP contribution >= 0.6 is 0 Å². The third-order valence-corrected chi connectivity index (χ3v) is 13.5. The molecule has 1 aromatic carbocycles. The zero-order valence-corrected chi connectivity index (χ0v) is 34.3. The Bertz CT molecular complexity index is 2310. The number of aryl methyl sites for hydroxylation is 3. The summed E-state index contributed by atoms with van der Waals surface area (Å²) >= 11 is 0. The molecular formula is C40H50F3N7O7S. The maximum absolute atomic E-state index is 14.8. The lowest BCUT2D eigenvalue weighted by atomic mass is 9.70. The second kappa shape index (κ2) is 15.7. The zero-order valence-electron chi connectivity index (χ0n) is 33.5. The number of nitrogens with one attached hydrogen (secondary N) is 1. The molecule has 2 fully saturated rings. The van der Waals surface area contributed by atoms with Crippen LogP contribution < -0.4 is 10.1 Å². The van der Waals surface area contributed by atoms with Crippen LogP contribution in [0.4, 0.5) is 19.0 Å². The van der Waals surface area contributed by atoms with Crippen molar-refractivity contribution in [3.05, 3.63) is 75.7 Å². The maximum Gasteiger partial charge on any atom is 0.452 e. The quantitative estimate of drug-likeness (QED) is 0.205. The number of halogens is 3. The number of morpholine rings is 1. The number of alkyl halides is 3. The normalized spacial score (nSPS) is 19.9. The molecule has 58 heavy (non-hydrogen) atoms. The second-order valence-electron chi connectivity index (χ2n) is 16.3. The first-order chi connectivity index (χ1) is 27.3. The van der Waals surface area contributed by atoms with Crippen LogP contribution in [0.2, 0.25) is 0 Å². The summed E-state index contributed by atoms with van der Waals surface area (Å²) in [6.45, 7) is 14.9. The number of benzene rings is 1. The minimum absolute atomic E-state index is 0.00268. The number of aliphatic carboxylic acids is 1. The van der Waals surface area contributed by atoms with Crippen LogP contribution in [-0.2, 0) is 37.0 Å². The number of nitrogens with zero attached hydrogens (tertiary/aromatic N) is 6. The summed E-state index contributed by atoms with van der Waals surface area (Å²) in [6.07, 6.45) is -2.69. The summed E-state index contributed by atoms with van der Waals surface area (Å²) in [5.41, 5.74) is 0.907.